The summed E-state index contributed by atoms with van der Waals surface area (Å²) < 4.78 is 53.8. The van der Waals surface area contributed by atoms with Crippen molar-refractivity contribution in [2.45, 2.75) is 11.8 Å². The Bertz CT molecular complexity index is 1120. The number of hydrogen-bond acceptors (Lipinski definition) is 6. The van der Waals surface area contributed by atoms with E-state index in [0.29, 0.717) is 17.3 Å². The molecular weight excluding hydrogens is 406 g/mol. The number of nitrogens with zero attached hydrogens (tertiary/aromatic N) is 4. The van der Waals surface area contributed by atoms with E-state index in [1.54, 1.807) is 11.8 Å². The number of anilines is 1. The van der Waals surface area contributed by atoms with Gasteiger partial charge in [0.25, 0.3) is 5.69 Å². The predicted molar refractivity (Wildman–Crippen MR) is 99.9 cm³/mol. The van der Waals surface area contributed by atoms with E-state index in [0.717, 1.165) is 16.4 Å². The Labute approximate surface area is 165 Å². The summed E-state index contributed by atoms with van der Waals surface area (Å²) in [7, 11) is -4.23. The van der Waals surface area contributed by atoms with Crippen molar-refractivity contribution in [3.05, 3.63) is 63.2 Å². The van der Waals surface area contributed by atoms with Gasteiger partial charge in [-0.3, -0.25) is 10.1 Å². The van der Waals surface area contributed by atoms with Crippen LogP contribution in [0.1, 0.15) is 11.1 Å². The number of halogens is 2. The minimum Gasteiger partial charge on any atom is -0.368 e. The van der Waals surface area contributed by atoms with Gasteiger partial charge in [-0.05, 0) is 31.2 Å². The van der Waals surface area contributed by atoms with Crippen molar-refractivity contribution in [1.29, 1.82) is 5.26 Å². The van der Waals surface area contributed by atoms with Gasteiger partial charge in [0.1, 0.15) is 16.5 Å². The van der Waals surface area contributed by atoms with Crippen LogP contribution >= 0.6 is 0 Å². The van der Waals surface area contributed by atoms with Gasteiger partial charge >= 0.3 is 0 Å². The first kappa shape index (κ1) is 20.6. The van der Waals surface area contributed by atoms with E-state index in [1.807, 2.05) is 6.07 Å². The van der Waals surface area contributed by atoms with E-state index in [1.165, 1.54) is 12.1 Å². The molecule has 2 aromatic carbocycles. The van der Waals surface area contributed by atoms with Gasteiger partial charge in [-0.2, -0.15) is 9.57 Å². The van der Waals surface area contributed by atoms with Crippen molar-refractivity contribution in [2.24, 2.45) is 0 Å². The van der Waals surface area contributed by atoms with E-state index < -0.39 is 31.5 Å². The third-order valence-electron chi connectivity index (χ3n) is 4.77. The largest absolute Gasteiger partial charge is 0.368 e. The van der Waals surface area contributed by atoms with Gasteiger partial charge in [0.2, 0.25) is 10.0 Å². The molecule has 3 rings (SSSR count). The summed E-state index contributed by atoms with van der Waals surface area (Å²) in [6.45, 7) is 1.84. The first-order chi connectivity index (χ1) is 13.6. The fourth-order valence-electron chi connectivity index (χ4n) is 3.25. The van der Waals surface area contributed by atoms with Gasteiger partial charge in [-0.1, -0.05) is 0 Å². The lowest BCUT2D eigenvalue weighted by atomic mass is 10.1. The lowest BCUT2D eigenvalue weighted by Gasteiger charge is -2.36. The molecule has 0 saturated carbocycles. The van der Waals surface area contributed by atoms with Crippen LogP contribution in [0.25, 0.3) is 0 Å². The van der Waals surface area contributed by atoms with Crippen molar-refractivity contribution in [3.63, 3.8) is 0 Å². The van der Waals surface area contributed by atoms with Crippen LogP contribution in [-0.2, 0) is 10.0 Å². The molecule has 0 N–H and O–H groups in total. The van der Waals surface area contributed by atoms with Gasteiger partial charge in [0.05, 0.1) is 22.1 Å². The quantitative estimate of drug-likeness (QED) is 0.554. The highest BCUT2D eigenvalue weighted by Crippen LogP contribution is 2.32. The summed E-state index contributed by atoms with van der Waals surface area (Å²) in [4.78, 5) is 11.7. The number of sulfonamides is 1. The van der Waals surface area contributed by atoms with E-state index in [-0.39, 0.29) is 37.4 Å². The molecule has 11 heteroatoms. The Hall–Kier alpha value is -3.10. The smallest absolute Gasteiger partial charge is 0.275 e. The molecule has 0 radical (unpaired) electrons. The summed E-state index contributed by atoms with van der Waals surface area (Å²) in [5.41, 5.74) is 0.747. The maximum atomic E-state index is 13.9. The van der Waals surface area contributed by atoms with Crippen molar-refractivity contribution in [3.8, 4) is 6.07 Å². The molecular formula is C18H16F2N4O4S. The average Bonchev–Trinajstić information content (AvgIpc) is 2.69. The molecule has 0 atom stereocenters. The topological polar surface area (TPSA) is 108 Å². The number of nitriles is 1. The molecule has 1 fully saturated rings. The van der Waals surface area contributed by atoms with Crippen LogP contribution in [0.15, 0.2) is 35.2 Å². The summed E-state index contributed by atoms with van der Waals surface area (Å²) >= 11 is 0. The molecule has 29 heavy (non-hydrogen) atoms. The summed E-state index contributed by atoms with van der Waals surface area (Å²) in [5, 5.41) is 20.4. The number of rotatable bonds is 4. The van der Waals surface area contributed by atoms with Crippen molar-refractivity contribution < 1.29 is 22.1 Å². The van der Waals surface area contributed by atoms with Gasteiger partial charge in [0.15, 0.2) is 0 Å². The molecule has 152 valence electrons. The highest BCUT2D eigenvalue weighted by molar-refractivity contribution is 7.89. The standard InChI is InChI=1S/C18H16F2N4O4S/c1-12-16(8-13(11-21)9-17(12)24(25)26)22-4-6-23(7-5-22)29(27,28)18-10-14(19)2-3-15(18)20/h2-3,8-10H,4-7H2,1H3. The van der Waals surface area contributed by atoms with Crippen LogP contribution in [0.5, 0.6) is 0 Å². The molecule has 0 amide bonds. The Morgan fingerprint density at radius 2 is 1.79 bits per heavy atom. The monoisotopic (exact) mass is 422 g/mol. The number of nitro groups is 1. The molecule has 1 aliphatic rings. The Balaban J connectivity index is 1.86. The molecule has 8 nitrogen and oxygen atoms in total. The first-order valence-corrected chi connectivity index (χ1v) is 9.98. The SMILES string of the molecule is Cc1c(N2CCN(S(=O)(=O)c3cc(F)ccc3F)CC2)cc(C#N)cc1[N+](=O)[O-]. The number of benzene rings is 2. The second-order valence-electron chi connectivity index (χ2n) is 6.47. The number of nitro benzene ring substituents is 1. The molecule has 1 aliphatic heterocycles. The van der Waals surface area contributed by atoms with Crippen LogP contribution in [-0.4, -0.2) is 43.8 Å². The van der Waals surface area contributed by atoms with Crippen LogP contribution in [0, 0.1) is 40.0 Å². The van der Waals surface area contributed by atoms with Gasteiger partial charge in [0, 0.05) is 37.9 Å². The third-order valence-corrected chi connectivity index (χ3v) is 6.68. The molecule has 0 aromatic heterocycles. The van der Waals surface area contributed by atoms with E-state index in [9.17, 15) is 27.3 Å². The molecule has 0 aliphatic carbocycles. The van der Waals surface area contributed by atoms with Gasteiger partial charge < -0.3 is 4.90 Å². The van der Waals surface area contributed by atoms with Crippen LogP contribution in [0.2, 0.25) is 0 Å². The van der Waals surface area contributed by atoms with Crippen LogP contribution in [0.3, 0.4) is 0 Å². The lowest BCUT2D eigenvalue weighted by Crippen LogP contribution is -2.49. The number of hydrogen-bond donors (Lipinski definition) is 0. The van der Waals surface area contributed by atoms with Crippen LogP contribution < -0.4 is 4.90 Å². The maximum Gasteiger partial charge on any atom is 0.275 e. The van der Waals surface area contributed by atoms with Crippen molar-refractivity contribution in [2.75, 3.05) is 31.1 Å². The molecule has 2 aromatic rings. The summed E-state index contributed by atoms with van der Waals surface area (Å²) in [6.07, 6.45) is 0. The molecule has 0 unspecified atom stereocenters. The fraction of sp³-hybridized carbons (Fsp3) is 0.278. The second kappa shape index (κ2) is 7.73. The second-order valence-corrected chi connectivity index (χ2v) is 8.38. The average molecular weight is 422 g/mol. The highest BCUT2D eigenvalue weighted by Gasteiger charge is 2.32. The highest BCUT2D eigenvalue weighted by atomic mass is 32.2. The summed E-state index contributed by atoms with van der Waals surface area (Å²) in [5.74, 6) is -1.90. The third kappa shape index (κ3) is 3.90. The zero-order chi connectivity index (χ0) is 21.3. The molecule has 1 saturated heterocycles. The van der Waals surface area contributed by atoms with E-state index >= 15 is 0 Å². The lowest BCUT2D eigenvalue weighted by molar-refractivity contribution is -0.385. The minimum atomic E-state index is -4.23. The Kier molecular flexibility index (Phi) is 5.50. The molecule has 0 spiro atoms. The van der Waals surface area contributed by atoms with E-state index in [4.69, 9.17) is 5.26 Å². The first-order valence-electron chi connectivity index (χ1n) is 8.54. The van der Waals surface area contributed by atoms with Crippen molar-refractivity contribution in [1.82, 2.24) is 4.31 Å². The Morgan fingerprint density at radius 1 is 1.14 bits per heavy atom. The number of piperazine rings is 1. The molecule has 0 bridgehead atoms. The van der Waals surface area contributed by atoms with Crippen molar-refractivity contribution >= 4 is 21.4 Å². The zero-order valence-corrected chi connectivity index (χ0v) is 16.1. The summed E-state index contributed by atoms with van der Waals surface area (Å²) in [6, 6.07) is 6.82. The van der Waals surface area contributed by atoms with E-state index in [2.05, 4.69) is 0 Å². The minimum absolute atomic E-state index is 0.0255. The maximum absolute atomic E-state index is 13.9. The van der Waals surface area contributed by atoms with Crippen LogP contribution in [0.4, 0.5) is 20.2 Å². The Morgan fingerprint density at radius 3 is 2.38 bits per heavy atom. The normalized spacial score (nSPS) is 15.2. The van der Waals surface area contributed by atoms with Gasteiger partial charge in [-0.15, -0.1) is 0 Å². The fourth-order valence-corrected chi connectivity index (χ4v) is 4.75. The zero-order valence-electron chi connectivity index (χ0n) is 15.3. The predicted octanol–water partition coefficient (Wildman–Crippen LogP) is 2.56. The molecule has 1 heterocycles. The van der Waals surface area contributed by atoms with Gasteiger partial charge in [-0.25, -0.2) is 17.2 Å².